The molecule has 0 N–H and O–H groups in total. The standard InChI is InChI=1S/C14H37NO2Si3/c1-9-16-14(18,17-10-2)12-11-13-15(19(3,4)5)20(6,7)8/h9-13H2,1-8,18H3. The normalized spacial score (nSPS) is 14.2. The first-order valence-corrected chi connectivity index (χ1v) is 15.9. The van der Waals surface area contributed by atoms with Gasteiger partial charge in [-0.1, -0.05) is 39.3 Å². The summed E-state index contributed by atoms with van der Waals surface area (Å²) in [7, 11) is -1.53. The molecule has 0 rings (SSSR count). The summed E-state index contributed by atoms with van der Waals surface area (Å²) in [5.74, 6) is 0. The summed E-state index contributed by atoms with van der Waals surface area (Å²) < 4.78 is 14.6. The number of hydrogen-bond donors (Lipinski definition) is 0. The minimum Gasteiger partial charge on any atom is -0.355 e. The van der Waals surface area contributed by atoms with E-state index in [1.54, 1.807) is 0 Å². The van der Waals surface area contributed by atoms with Crippen LogP contribution in [0, 0.1) is 0 Å². The average molecular weight is 336 g/mol. The molecule has 20 heavy (non-hydrogen) atoms. The Bertz CT molecular complexity index is 255. The number of nitrogens with zero attached hydrogens (tertiary/aromatic N) is 1. The molecule has 0 aromatic carbocycles. The molecule has 0 aliphatic rings. The van der Waals surface area contributed by atoms with Gasteiger partial charge in [0.05, 0.1) is 10.2 Å². The van der Waals surface area contributed by atoms with Gasteiger partial charge in [-0.25, -0.2) is 0 Å². The summed E-state index contributed by atoms with van der Waals surface area (Å²) in [6, 6.07) is 0. The van der Waals surface area contributed by atoms with E-state index in [-0.39, 0.29) is 5.41 Å². The molecular weight excluding hydrogens is 298 g/mol. The second-order valence-electron chi connectivity index (χ2n) is 7.60. The molecule has 0 atom stereocenters. The largest absolute Gasteiger partial charge is 0.355 e. The van der Waals surface area contributed by atoms with Gasteiger partial charge in [0.2, 0.25) is 0 Å². The van der Waals surface area contributed by atoms with Crippen molar-refractivity contribution in [3.8, 4) is 0 Å². The number of hydrogen-bond acceptors (Lipinski definition) is 3. The third kappa shape index (κ3) is 7.51. The Kier molecular flexibility index (Phi) is 8.46. The van der Waals surface area contributed by atoms with Crippen molar-refractivity contribution in [1.29, 1.82) is 0 Å². The van der Waals surface area contributed by atoms with Gasteiger partial charge in [0.15, 0.2) is 0 Å². The maximum absolute atomic E-state index is 5.87. The van der Waals surface area contributed by atoms with E-state index in [0.29, 0.717) is 0 Å². The quantitative estimate of drug-likeness (QED) is 0.453. The zero-order valence-corrected chi connectivity index (χ0v) is 19.3. The van der Waals surface area contributed by atoms with E-state index in [9.17, 15) is 0 Å². The van der Waals surface area contributed by atoms with Gasteiger partial charge in [-0.05, 0) is 33.2 Å². The molecule has 0 amide bonds. The molecule has 0 bridgehead atoms. The van der Waals surface area contributed by atoms with Crippen molar-refractivity contribution < 1.29 is 9.47 Å². The lowest BCUT2D eigenvalue weighted by Crippen LogP contribution is -2.59. The fourth-order valence-corrected chi connectivity index (χ4v) is 13.7. The molecule has 0 spiro atoms. The number of ether oxygens (including phenoxy) is 2. The summed E-state index contributed by atoms with van der Waals surface area (Å²) in [6.45, 7) is 21.6. The van der Waals surface area contributed by atoms with Gasteiger partial charge in [-0.3, -0.25) is 0 Å². The third-order valence-electron chi connectivity index (χ3n) is 3.53. The Balaban J connectivity index is 4.57. The number of rotatable bonds is 10. The van der Waals surface area contributed by atoms with E-state index >= 15 is 0 Å². The van der Waals surface area contributed by atoms with Crippen LogP contribution in [0.15, 0.2) is 0 Å². The first-order chi connectivity index (χ1) is 8.96. The smallest absolute Gasteiger partial charge is 0.141 e. The van der Waals surface area contributed by atoms with Gasteiger partial charge in [0, 0.05) is 13.2 Å². The van der Waals surface area contributed by atoms with Crippen LogP contribution in [0.4, 0.5) is 0 Å². The predicted octanol–water partition coefficient (Wildman–Crippen LogP) is 2.83. The van der Waals surface area contributed by atoms with Crippen molar-refractivity contribution in [3.05, 3.63) is 0 Å². The molecule has 0 aliphatic heterocycles. The molecule has 0 unspecified atom stereocenters. The summed E-state index contributed by atoms with van der Waals surface area (Å²) >= 11 is 0. The topological polar surface area (TPSA) is 21.7 Å². The SMILES string of the molecule is CCOC([SiH3])(CCCN([Si](C)(C)C)[Si](C)(C)C)OCC. The molecular formula is C14H37NO2Si3. The van der Waals surface area contributed by atoms with E-state index < -0.39 is 16.5 Å². The molecule has 0 saturated carbocycles. The second kappa shape index (κ2) is 8.24. The second-order valence-corrected chi connectivity index (χ2v) is 19.3. The van der Waals surface area contributed by atoms with Crippen molar-refractivity contribution >= 4 is 26.7 Å². The fourth-order valence-electron chi connectivity index (χ4n) is 3.03. The summed E-state index contributed by atoms with van der Waals surface area (Å²) in [6.07, 6.45) is 2.21. The van der Waals surface area contributed by atoms with E-state index in [2.05, 4.69) is 57.4 Å². The monoisotopic (exact) mass is 335 g/mol. The lowest BCUT2D eigenvalue weighted by molar-refractivity contribution is -0.177. The molecule has 122 valence electrons. The Labute approximate surface area is 132 Å². The van der Waals surface area contributed by atoms with Gasteiger partial charge in [-0.2, -0.15) is 0 Å². The maximum Gasteiger partial charge on any atom is 0.141 e. The van der Waals surface area contributed by atoms with Crippen molar-refractivity contribution in [2.24, 2.45) is 0 Å². The highest BCUT2D eigenvalue weighted by Gasteiger charge is 2.34. The molecule has 0 aromatic heterocycles. The zero-order valence-electron chi connectivity index (χ0n) is 15.3. The van der Waals surface area contributed by atoms with E-state index in [4.69, 9.17) is 9.47 Å². The van der Waals surface area contributed by atoms with Crippen LogP contribution in [-0.2, 0) is 9.47 Å². The van der Waals surface area contributed by atoms with Crippen molar-refractivity contribution in [3.63, 3.8) is 0 Å². The molecule has 0 heterocycles. The maximum atomic E-state index is 5.87. The fraction of sp³-hybridized carbons (Fsp3) is 1.00. The van der Waals surface area contributed by atoms with Crippen LogP contribution in [-0.4, -0.2) is 56.1 Å². The molecule has 3 nitrogen and oxygen atoms in total. The summed E-state index contributed by atoms with van der Waals surface area (Å²) in [4.78, 5) is 0. The highest BCUT2D eigenvalue weighted by Crippen LogP contribution is 2.22. The lowest BCUT2D eigenvalue weighted by atomic mass is 10.3. The van der Waals surface area contributed by atoms with Gasteiger partial charge >= 0.3 is 0 Å². The minimum absolute atomic E-state index is 0.270. The highest BCUT2D eigenvalue weighted by molar-refractivity contribution is 6.89. The predicted molar refractivity (Wildman–Crippen MR) is 98.6 cm³/mol. The molecule has 0 radical (unpaired) electrons. The van der Waals surface area contributed by atoms with Crippen LogP contribution in [0.2, 0.25) is 39.3 Å². The Hall–Kier alpha value is 0.531. The first kappa shape index (κ1) is 20.5. The summed E-state index contributed by atoms with van der Waals surface area (Å²) in [5.41, 5.74) is -0.270. The van der Waals surface area contributed by atoms with Crippen LogP contribution >= 0.6 is 0 Å². The van der Waals surface area contributed by atoms with Crippen molar-refractivity contribution in [2.75, 3.05) is 19.8 Å². The van der Waals surface area contributed by atoms with E-state index in [1.807, 2.05) is 0 Å². The molecule has 0 aromatic rings. The minimum atomic E-state index is -1.23. The molecule has 0 saturated heterocycles. The zero-order chi connectivity index (χ0) is 16.0. The Morgan fingerprint density at radius 2 is 1.30 bits per heavy atom. The van der Waals surface area contributed by atoms with Crippen LogP contribution in [0.25, 0.3) is 0 Å². The van der Waals surface area contributed by atoms with Gasteiger partial charge in [-0.15, -0.1) is 0 Å². The van der Waals surface area contributed by atoms with Crippen LogP contribution in [0.1, 0.15) is 26.7 Å². The van der Waals surface area contributed by atoms with Gasteiger partial charge in [0.1, 0.15) is 21.9 Å². The average Bonchev–Trinajstić information content (AvgIpc) is 2.21. The third-order valence-corrected chi connectivity index (χ3v) is 12.3. The molecule has 0 aliphatic carbocycles. The highest BCUT2D eigenvalue weighted by atomic mass is 28.4. The van der Waals surface area contributed by atoms with E-state index in [0.717, 1.165) is 29.9 Å². The van der Waals surface area contributed by atoms with Gasteiger partial charge in [0.25, 0.3) is 0 Å². The summed E-state index contributed by atoms with van der Waals surface area (Å²) in [5, 5.41) is 0. The van der Waals surface area contributed by atoms with E-state index in [1.165, 1.54) is 13.0 Å². The Morgan fingerprint density at radius 3 is 1.60 bits per heavy atom. The van der Waals surface area contributed by atoms with Gasteiger partial charge < -0.3 is 13.7 Å². The van der Waals surface area contributed by atoms with Crippen LogP contribution in [0.5, 0.6) is 0 Å². The van der Waals surface area contributed by atoms with Crippen molar-refractivity contribution in [2.45, 2.75) is 71.4 Å². The molecule has 6 heteroatoms. The van der Waals surface area contributed by atoms with Crippen LogP contribution in [0.3, 0.4) is 0 Å². The van der Waals surface area contributed by atoms with Crippen LogP contribution < -0.4 is 0 Å². The Morgan fingerprint density at radius 1 is 0.900 bits per heavy atom. The molecule has 0 fully saturated rings. The lowest BCUT2D eigenvalue weighted by Gasteiger charge is -2.44. The first-order valence-electron chi connectivity index (χ1n) is 8.02. The van der Waals surface area contributed by atoms with Crippen molar-refractivity contribution in [1.82, 2.24) is 4.23 Å².